The second kappa shape index (κ2) is 13.2. The fourth-order valence-corrected chi connectivity index (χ4v) is 4.32. The molecular weight excluding hydrogens is 528 g/mol. The Balaban J connectivity index is 1.66. The van der Waals surface area contributed by atoms with E-state index in [9.17, 15) is 29.4 Å². The Bertz CT molecular complexity index is 1320. The summed E-state index contributed by atoms with van der Waals surface area (Å²) in [4.78, 5) is 59.1. The number of amides is 3. The second-order valence-corrected chi connectivity index (χ2v) is 11.4. The van der Waals surface area contributed by atoms with Crippen molar-refractivity contribution in [2.24, 2.45) is 11.3 Å². The van der Waals surface area contributed by atoms with E-state index in [0.29, 0.717) is 30.7 Å². The molecule has 4 unspecified atom stereocenters. The number of aliphatic hydroxyl groups excluding tert-OH is 1. The molecule has 12 nitrogen and oxygen atoms in total. The van der Waals surface area contributed by atoms with E-state index >= 15 is 0 Å². The molecule has 2 aromatic rings. The highest BCUT2D eigenvalue weighted by atomic mass is 16.4. The van der Waals surface area contributed by atoms with Gasteiger partial charge in [-0.15, -0.1) is 0 Å². The van der Waals surface area contributed by atoms with Gasteiger partial charge in [0.1, 0.15) is 24.2 Å². The zero-order valence-electron chi connectivity index (χ0n) is 24.3. The minimum absolute atomic E-state index is 0.270. The number of fused-ring (bicyclic) bond motifs is 1. The van der Waals surface area contributed by atoms with Crippen LogP contribution in [0.15, 0.2) is 30.5 Å². The molecule has 3 amide bonds. The standard InChI is InChI=1S/C29H40N6O6/c1-16(2)23(25(37)31-17(3)26(38)35-13-7-8-21(34-35)27(39)40)33-28(41)29(5,6)12-11-19-9-10-20-15-30-24(18(4)36)32-22(20)14-19/h9-12,14-18,21,23,34,36H,7-8,13H2,1-6H3,(H,31,37)(H,33,41)(H,39,40). The summed E-state index contributed by atoms with van der Waals surface area (Å²) in [5.41, 5.74) is 3.18. The Morgan fingerprint density at radius 1 is 1.15 bits per heavy atom. The second-order valence-electron chi connectivity index (χ2n) is 11.4. The molecular formula is C29H40N6O6. The first-order valence-electron chi connectivity index (χ1n) is 13.7. The lowest BCUT2D eigenvalue weighted by atomic mass is 9.89. The number of hydrogen-bond donors (Lipinski definition) is 5. The average Bonchev–Trinajstić information content (AvgIpc) is 2.93. The van der Waals surface area contributed by atoms with E-state index in [-0.39, 0.29) is 11.8 Å². The van der Waals surface area contributed by atoms with Crippen LogP contribution in [0.2, 0.25) is 0 Å². The predicted molar refractivity (Wildman–Crippen MR) is 153 cm³/mol. The van der Waals surface area contributed by atoms with Crippen molar-refractivity contribution in [1.82, 2.24) is 31.0 Å². The van der Waals surface area contributed by atoms with Gasteiger partial charge in [0.25, 0.3) is 5.91 Å². The number of carbonyl (C=O) groups is 4. The van der Waals surface area contributed by atoms with Gasteiger partial charge in [-0.25, -0.2) is 15.4 Å². The third-order valence-corrected chi connectivity index (χ3v) is 6.99. The Hall–Kier alpha value is -3.90. The van der Waals surface area contributed by atoms with E-state index in [4.69, 9.17) is 0 Å². The van der Waals surface area contributed by atoms with Crippen LogP contribution < -0.4 is 16.1 Å². The summed E-state index contributed by atoms with van der Waals surface area (Å²) in [6, 6.07) is 2.88. The van der Waals surface area contributed by atoms with E-state index in [1.165, 1.54) is 11.9 Å². The number of benzene rings is 1. The van der Waals surface area contributed by atoms with Crippen molar-refractivity contribution >= 4 is 40.7 Å². The van der Waals surface area contributed by atoms with Crippen molar-refractivity contribution in [2.45, 2.75) is 78.6 Å². The zero-order valence-corrected chi connectivity index (χ0v) is 24.3. The van der Waals surface area contributed by atoms with Gasteiger partial charge >= 0.3 is 5.97 Å². The van der Waals surface area contributed by atoms with Crippen LogP contribution in [0.3, 0.4) is 0 Å². The molecule has 1 aromatic carbocycles. The molecule has 12 heteroatoms. The minimum Gasteiger partial charge on any atom is -0.480 e. The number of hydrazine groups is 1. The lowest BCUT2D eigenvalue weighted by Crippen LogP contribution is -2.61. The van der Waals surface area contributed by atoms with Crippen molar-refractivity contribution in [3.8, 4) is 0 Å². The average molecular weight is 569 g/mol. The first-order chi connectivity index (χ1) is 19.2. The third-order valence-electron chi connectivity index (χ3n) is 6.99. The Kier molecular flexibility index (Phi) is 10.2. The molecule has 3 rings (SSSR count). The van der Waals surface area contributed by atoms with Gasteiger partial charge in [-0.1, -0.05) is 38.1 Å². The fraction of sp³-hybridized carbons (Fsp3) is 0.517. The third kappa shape index (κ3) is 8.08. The maximum atomic E-state index is 13.3. The Labute approximate surface area is 239 Å². The zero-order chi connectivity index (χ0) is 30.5. The molecule has 1 aliphatic heterocycles. The van der Waals surface area contributed by atoms with Crippen LogP contribution in [0.1, 0.15) is 71.9 Å². The van der Waals surface area contributed by atoms with Gasteiger partial charge in [0, 0.05) is 18.1 Å². The van der Waals surface area contributed by atoms with Gasteiger partial charge in [0.2, 0.25) is 11.8 Å². The SMILES string of the molecule is CC(NC(=O)C(NC(=O)C(C)(C)C=Cc1ccc2cnc(C(C)O)nc2c1)C(C)C)C(=O)N1CCCC(C(=O)O)N1. The van der Waals surface area contributed by atoms with Crippen LogP contribution in [0.4, 0.5) is 0 Å². The van der Waals surface area contributed by atoms with Crippen molar-refractivity contribution in [3.05, 3.63) is 41.9 Å². The summed E-state index contributed by atoms with van der Waals surface area (Å²) in [5, 5.41) is 26.6. The van der Waals surface area contributed by atoms with E-state index < -0.39 is 47.4 Å². The highest BCUT2D eigenvalue weighted by Crippen LogP contribution is 2.22. The van der Waals surface area contributed by atoms with Crippen LogP contribution in [0.25, 0.3) is 17.0 Å². The van der Waals surface area contributed by atoms with E-state index in [2.05, 4.69) is 26.0 Å². The number of hydrogen-bond acceptors (Lipinski definition) is 8. The van der Waals surface area contributed by atoms with Crippen LogP contribution >= 0.6 is 0 Å². The molecule has 1 aromatic heterocycles. The molecule has 1 fully saturated rings. The van der Waals surface area contributed by atoms with Crippen molar-refractivity contribution in [1.29, 1.82) is 0 Å². The van der Waals surface area contributed by atoms with Gasteiger partial charge in [-0.05, 0) is 58.1 Å². The van der Waals surface area contributed by atoms with Gasteiger partial charge in [0.15, 0.2) is 5.82 Å². The first-order valence-corrected chi connectivity index (χ1v) is 13.7. The maximum absolute atomic E-state index is 13.3. The van der Waals surface area contributed by atoms with Crippen LogP contribution in [0.5, 0.6) is 0 Å². The van der Waals surface area contributed by atoms with E-state index in [1.54, 1.807) is 53.0 Å². The molecule has 0 aliphatic carbocycles. The van der Waals surface area contributed by atoms with Gasteiger partial charge in [-0.2, -0.15) is 0 Å². The molecule has 0 bridgehead atoms. The van der Waals surface area contributed by atoms with Gasteiger partial charge < -0.3 is 20.8 Å². The largest absolute Gasteiger partial charge is 0.480 e. The summed E-state index contributed by atoms with van der Waals surface area (Å²) in [6.07, 6.45) is 5.33. The summed E-state index contributed by atoms with van der Waals surface area (Å²) in [7, 11) is 0. The fourth-order valence-electron chi connectivity index (χ4n) is 4.32. The van der Waals surface area contributed by atoms with Crippen molar-refractivity contribution in [3.63, 3.8) is 0 Å². The summed E-state index contributed by atoms with van der Waals surface area (Å²) in [5.74, 6) is -2.33. The minimum atomic E-state index is -1.04. The predicted octanol–water partition coefficient (Wildman–Crippen LogP) is 1.95. The number of aliphatic carboxylic acids is 1. The smallest absolute Gasteiger partial charge is 0.322 e. The number of carboxylic acids is 1. The molecule has 5 N–H and O–H groups in total. The van der Waals surface area contributed by atoms with Crippen LogP contribution in [0, 0.1) is 11.3 Å². The quantitative estimate of drug-likeness (QED) is 0.287. The number of carboxylic acid groups (broad SMARTS) is 1. The number of nitrogens with zero attached hydrogens (tertiary/aromatic N) is 3. The molecule has 222 valence electrons. The highest BCUT2D eigenvalue weighted by molar-refractivity contribution is 5.94. The molecule has 4 atom stereocenters. The molecule has 2 heterocycles. The summed E-state index contributed by atoms with van der Waals surface area (Å²) in [6.45, 7) is 10.5. The van der Waals surface area contributed by atoms with Crippen LogP contribution in [-0.2, 0) is 19.2 Å². The van der Waals surface area contributed by atoms with Crippen molar-refractivity contribution < 1.29 is 29.4 Å². The number of nitrogens with one attached hydrogen (secondary N) is 3. The van der Waals surface area contributed by atoms with Gasteiger partial charge in [-0.3, -0.25) is 24.2 Å². The normalized spacial score (nSPS) is 18.2. The maximum Gasteiger partial charge on any atom is 0.322 e. The lowest BCUT2D eigenvalue weighted by molar-refractivity contribution is -0.148. The first kappa shape index (κ1) is 31.6. The van der Waals surface area contributed by atoms with E-state index in [1.807, 2.05) is 18.2 Å². The Morgan fingerprint density at radius 2 is 1.85 bits per heavy atom. The molecule has 41 heavy (non-hydrogen) atoms. The molecule has 1 saturated heterocycles. The van der Waals surface area contributed by atoms with Gasteiger partial charge in [0.05, 0.1) is 10.9 Å². The highest BCUT2D eigenvalue weighted by Gasteiger charge is 2.34. The summed E-state index contributed by atoms with van der Waals surface area (Å²) < 4.78 is 0. The molecule has 1 aliphatic rings. The number of carbonyl (C=O) groups excluding carboxylic acids is 3. The number of rotatable bonds is 10. The number of aromatic nitrogens is 2. The lowest BCUT2D eigenvalue weighted by Gasteiger charge is -2.34. The monoisotopic (exact) mass is 568 g/mol. The molecule has 0 saturated carbocycles. The Morgan fingerprint density at radius 3 is 2.49 bits per heavy atom. The molecule has 0 spiro atoms. The number of aliphatic hydroxyl groups is 1. The topological polar surface area (TPSA) is 174 Å². The van der Waals surface area contributed by atoms with Crippen molar-refractivity contribution in [2.75, 3.05) is 6.54 Å². The van der Waals surface area contributed by atoms with Crippen LogP contribution in [-0.4, -0.2) is 73.6 Å². The van der Waals surface area contributed by atoms with E-state index in [0.717, 1.165) is 10.9 Å². The summed E-state index contributed by atoms with van der Waals surface area (Å²) >= 11 is 0. The molecule has 0 radical (unpaired) electrons.